The Hall–Kier alpha value is -0.900. The number of benzene rings is 1. The summed E-state index contributed by atoms with van der Waals surface area (Å²) >= 11 is 0. The summed E-state index contributed by atoms with van der Waals surface area (Å²) in [5.74, 6) is 1.21. The first-order valence-corrected chi connectivity index (χ1v) is 9.87. The molecule has 2 aliphatic rings. The summed E-state index contributed by atoms with van der Waals surface area (Å²) in [4.78, 5) is 0. The van der Waals surface area contributed by atoms with Gasteiger partial charge in [0.25, 0.3) is 0 Å². The Morgan fingerprint density at radius 3 is 2.71 bits per heavy atom. The summed E-state index contributed by atoms with van der Waals surface area (Å²) < 4.78 is 5.56. The van der Waals surface area contributed by atoms with Gasteiger partial charge < -0.3 is 15.2 Å². The third-order valence-electron chi connectivity index (χ3n) is 5.81. The number of nitrogens with one attached hydrogen (secondary N) is 1. The first-order chi connectivity index (χ1) is 11.8. The monoisotopic (exact) mass is 331 g/mol. The molecule has 0 bridgehead atoms. The van der Waals surface area contributed by atoms with Gasteiger partial charge in [-0.2, -0.15) is 0 Å². The van der Waals surface area contributed by atoms with Gasteiger partial charge in [0, 0.05) is 19.3 Å². The highest BCUT2D eigenvalue weighted by molar-refractivity contribution is 5.19. The van der Waals surface area contributed by atoms with E-state index in [4.69, 9.17) is 4.74 Å². The molecule has 1 aromatic rings. The quantitative estimate of drug-likeness (QED) is 0.705. The molecule has 2 fully saturated rings. The maximum absolute atomic E-state index is 10.1. The average molecular weight is 332 g/mol. The molecule has 1 heterocycles. The molecule has 1 saturated heterocycles. The van der Waals surface area contributed by atoms with E-state index in [0.717, 1.165) is 45.4 Å². The third-order valence-corrected chi connectivity index (χ3v) is 5.81. The number of aliphatic hydroxyl groups is 1. The van der Waals surface area contributed by atoms with E-state index in [-0.39, 0.29) is 6.10 Å². The second-order valence-electron chi connectivity index (χ2n) is 7.64. The van der Waals surface area contributed by atoms with Crippen LogP contribution in [-0.4, -0.2) is 31.0 Å². The van der Waals surface area contributed by atoms with E-state index in [2.05, 4.69) is 35.6 Å². The predicted molar refractivity (Wildman–Crippen MR) is 97.9 cm³/mol. The van der Waals surface area contributed by atoms with E-state index < -0.39 is 0 Å². The van der Waals surface area contributed by atoms with Gasteiger partial charge in [0.2, 0.25) is 0 Å². The fourth-order valence-electron chi connectivity index (χ4n) is 4.29. The van der Waals surface area contributed by atoms with Crippen LogP contribution in [0.4, 0.5) is 0 Å². The molecule has 1 saturated carbocycles. The molecule has 3 nitrogen and oxygen atoms in total. The third kappa shape index (κ3) is 5.30. The molecule has 2 N–H and O–H groups in total. The summed E-state index contributed by atoms with van der Waals surface area (Å²) in [6.07, 6.45) is 9.33. The lowest BCUT2D eigenvalue weighted by Gasteiger charge is -2.28. The summed E-state index contributed by atoms with van der Waals surface area (Å²) in [5.41, 5.74) is 1.39. The Labute approximate surface area is 146 Å². The van der Waals surface area contributed by atoms with Gasteiger partial charge in [0.1, 0.15) is 0 Å². The topological polar surface area (TPSA) is 41.5 Å². The predicted octanol–water partition coefficient (Wildman–Crippen LogP) is 4.08. The number of rotatable bonds is 8. The standard InChI is InChI=1S/C21H33NO2/c23-21-11-5-4-9-19(21)10-6-13-22-20(15-17-12-14-24-16-17)18-7-2-1-3-8-18/h1-3,7-8,17,19-23H,4-6,9-16H2. The molecule has 1 aliphatic heterocycles. The summed E-state index contributed by atoms with van der Waals surface area (Å²) in [6, 6.07) is 11.2. The van der Waals surface area contributed by atoms with Gasteiger partial charge in [0.15, 0.2) is 0 Å². The van der Waals surface area contributed by atoms with Crippen LogP contribution in [0.25, 0.3) is 0 Å². The van der Waals surface area contributed by atoms with Gasteiger partial charge in [-0.15, -0.1) is 0 Å². The molecule has 0 amide bonds. The molecule has 134 valence electrons. The van der Waals surface area contributed by atoms with Crippen LogP contribution in [0.2, 0.25) is 0 Å². The largest absolute Gasteiger partial charge is 0.393 e. The normalized spacial score (nSPS) is 28.8. The lowest BCUT2D eigenvalue weighted by Crippen LogP contribution is -2.28. The van der Waals surface area contributed by atoms with Gasteiger partial charge in [0.05, 0.1) is 6.10 Å². The molecule has 3 heteroatoms. The maximum atomic E-state index is 10.1. The van der Waals surface area contributed by atoms with E-state index >= 15 is 0 Å². The van der Waals surface area contributed by atoms with Crippen molar-refractivity contribution >= 4 is 0 Å². The van der Waals surface area contributed by atoms with Crippen molar-refractivity contribution < 1.29 is 9.84 Å². The van der Waals surface area contributed by atoms with E-state index in [1.165, 1.54) is 31.2 Å². The van der Waals surface area contributed by atoms with Crippen molar-refractivity contribution in [1.29, 1.82) is 0 Å². The highest BCUT2D eigenvalue weighted by atomic mass is 16.5. The Balaban J connectivity index is 1.46. The number of hydrogen-bond donors (Lipinski definition) is 2. The van der Waals surface area contributed by atoms with Gasteiger partial charge >= 0.3 is 0 Å². The van der Waals surface area contributed by atoms with Gasteiger partial charge in [-0.1, -0.05) is 43.2 Å². The summed E-state index contributed by atoms with van der Waals surface area (Å²) in [5, 5.41) is 13.9. The maximum Gasteiger partial charge on any atom is 0.0568 e. The minimum absolute atomic E-state index is 0.0562. The van der Waals surface area contributed by atoms with Crippen LogP contribution in [0, 0.1) is 11.8 Å². The number of ether oxygens (including phenoxy) is 1. The minimum atomic E-state index is -0.0562. The zero-order chi connectivity index (χ0) is 16.6. The molecule has 4 unspecified atom stereocenters. The first kappa shape index (κ1) is 17.9. The van der Waals surface area contributed by atoms with Crippen LogP contribution in [0.5, 0.6) is 0 Å². The molecular formula is C21H33NO2. The second-order valence-corrected chi connectivity index (χ2v) is 7.64. The second kappa shape index (κ2) is 9.55. The lowest BCUT2D eigenvalue weighted by atomic mass is 9.83. The molecule has 1 aliphatic carbocycles. The van der Waals surface area contributed by atoms with Crippen molar-refractivity contribution in [3.05, 3.63) is 35.9 Å². The van der Waals surface area contributed by atoms with Crippen molar-refractivity contribution in [2.75, 3.05) is 19.8 Å². The van der Waals surface area contributed by atoms with Crippen molar-refractivity contribution in [2.45, 2.75) is 63.5 Å². The van der Waals surface area contributed by atoms with E-state index in [1.807, 2.05) is 0 Å². The first-order valence-electron chi connectivity index (χ1n) is 9.87. The smallest absolute Gasteiger partial charge is 0.0568 e. The lowest BCUT2D eigenvalue weighted by molar-refractivity contribution is 0.0641. The molecule has 1 aromatic carbocycles. The van der Waals surface area contributed by atoms with Gasteiger partial charge in [-0.05, 0) is 62.5 Å². The number of hydrogen-bond acceptors (Lipinski definition) is 3. The molecule has 0 spiro atoms. The van der Waals surface area contributed by atoms with E-state index in [9.17, 15) is 5.11 Å². The van der Waals surface area contributed by atoms with Gasteiger partial charge in [-0.3, -0.25) is 0 Å². The van der Waals surface area contributed by atoms with Crippen LogP contribution in [0.3, 0.4) is 0 Å². The van der Waals surface area contributed by atoms with Crippen LogP contribution in [0.15, 0.2) is 30.3 Å². The average Bonchev–Trinajstić information content (AvgIpc) is 3.13. The molecule has 4 atom stereocenters. The molecule has 0 radical (unpaired) electrons. The summed E-state index contributed by atoms with van der Waals surface area (Å²) in [6.45, 7) is 2.88. The fourth-order valence-corrected chi connectivity index (χ4v) is 4.29. The van der Waals surface area contributed by atoms with Crippen molar-refractivity contribution in [2.24, 2.45) is 11.8 Å². The molecular weight excluding hydrogens is 298 g/mol. The SMILES string of the molecule is OC1CCCCC1CCCNC(CC1CCOC1)c1ccccc1. The molecule has 3 rings (SSSR count). The fraction of sp³-hybridized carbons (Fsp3) is 0.714. The number of aliphatic hydroxyl groups excluding tert-OH is 1. The molecule has 24 heavy (non-hydrogen) atoms. The summed E-state index contributed by atoms with van der Waals surface area (Å²) in [7, 11) is 0. The van der Waals surface area contributed by atoms with Crippen LogP contribution >= 0.6 is 0 Å². The Bertz CT molecular complexity index is 458. The van der Waals surface area contributed by atoms with Crippen LogP contribution in [0.1, 0.15) is 63.0 Å². The zero-order valence-electron chi connectivity index (χ0n) is 14.8. The molecule has 0 aromatic heterocycles. The Morgan fingerprint density at radius 2 is 1.96 bits per heavy atom. The van der Waals surface area contributed by atoms with Crippen LogP contribution < -0.4 is 5.32 Å². The van der Waals surface area contributed by atoms with E-state index in [0.29, 0.717) is 17.9 Å². The highest BCUT2D eigenvalue weighted by Crippen LogP contribution is 2.29. The van der Waals surface area contributed by atoms with Crippen LogP contribution in [-0.2, 0) is 4.74 Å². The van der Waals surface area contributed by atoms with Crippen molar-refractivity contribution in [3.8, 4) is 0 Å². The highest BCUT2D eigenvalue weighted by Gasteiger charge is 2.23. The zero-order valence-corrected chi connectivity index (χ0v) is 14.8. The van der Waals surface area contributed by atoms with Crippen molar-refractivity contribution in [3.63, 3.8) is 0 Å². The minimum Gasteiger partial charge on any atom is -0.393 e. The van der Waals surface area contributed by atoms with Crippen molar-refractivity contribution in [1.82, 2.24) is 5.32 Å². The Kier molecular flexibility index (Phi) is 7.13. The van der Waals surface area contributed by atoms with Gasteiger partial charge in [-0.25, -0.2) is 0 Å². The Morgan fingerprint density at radius 1 is 1.12 bits per heavy atom. The van der Waals surface area contributed by atoms with E-state index in [1.54, 1.807) is 0 Å².